The van der Waals surface area contributed by atoms with E-state index in [1.807, 2.05) is 0 Å². The molecule has 15 heavy (non-hydrogen) atoms. The van der Waals surface area contributed by atoms with E-state index in [9.17, 15) is 18.0 Å². The van der Waals surface area contributed by atoms with E-state index in [2.05, 4.69) is 15.9 Å². The second kappa shape index (κ2) is 4.14. The molecular weight excluding hydrogens is 296 g/mol. The number of carbonyl (C=O) groups excluding carboxylic acids is 1. The first kappa shape index (κ1) is 12.5. The van der Waals surface area contributed by atoms with Crippen molar-refractivity contribution in [2.45, 2.75) is 13.1 Å². The van der Waals surface area contributed by atoms with Gasteiger partial charge in [-0.2, -0.15) is 13.2 Å². The largest absolute Gasteiger partial charge is 0.417 e. The van der Waals surface area contributed by atoms with Gasteiger partial charge in [0.2, 0.25) is 0 Å². The van der Waals surface area contributed by atoms with Crippen LogP contribution in [0.4, 0.5) is 13.2 Å². The Hall–Kier alpha value is -0.550. The predicted octanol–water partition coefficient (Wildman–Crippen LogP) is 4.32. The smallest absolute Gasteiger partial charge is 0.295 e. The monoisotopic (exact) mass is 300 g/mol. The summed E-state index contributed by atoms with van der Waals surface area (Å²) in [6.45, 7) is 1.18. The van der Waals surface area contributed by atoms with Gasteiger partial charge in [0.1, 0.15) is 0 Å². The summed E-state index contributed by atoms with van der Waals surface area (Å²) in [5, 5.41) is -0.130. The lowest BCUT2D eigenvalue weighted by molar-refractivity contribution is -0.138. The molecule has 0 aliphatic carbocycles. The maximum absolute atomic E-state index is 12.5. The van der Waals surface area contributed by atoms with Crippen LogP contribution in [0, 0.1) is 0 Å². The molecule has 0 bridgehead atoms. The number of ketones is 1. The van der Waals surface area contributed by atoms with Crippen LogP contribution in [-0.4, -0.2) is 5.78 Å². The van der Waals surface area contributed by atoms with Gasteiger partial charge < -0.3 is 0 Å². The zero-order valence-corrected chi connectivity index (χ0v) is 9.79. The number of hydrogen-bond donors (Lipinski definition) is 0. The van der Waals surface area contributed by atoms with E-state index in [0.717, 1.165) is 6.07 Å². The first-order valence-electron chi connectivity index (χ1n) is 3.80. The average Bonchev–Trinajstić information content (AvgIpc) is 2.06. The Labute approximate surface area is 97.4 Å². The average molecular weight is 301 g/mol. The van der Waals surface area contributed by atoms with Crippen LogP contribution in [0.2, 0.25) is 5.02 Å². The lowest BCUT2D eigenvalue weighted by Gasteiger charge is -2.11. The van der Waals surface area contributed by atoms with Crippen LogP contribution < -0.4 is 0 Å². The highest BCUT2D eigenvalue weighted by Gasteiger charge is 2.34. The SMILES string of the molecule is CC(=O)c1cc(Cl)c(Br)c(C(F)(F)F)c1. The highest BCUT2D eigenvalue weighted by molar-refractivity contribution is 9.10. The van der Waals surface area contributed by atoms with E-state index in [1.54, 1.807) is 0 Å². The Morgan fingerprint density at radius 1 is 1.40 bits per heavy atom. The lowest BCUT2D eigenvalue weighted by Crippen LogP contribution is -2.08. The van der Waals surface area contributed by atoms with Gasteiger partial charge in [0.15, 0.2) is 5.78 Å². The fraction of sp³-hybridized carbons (Fsp3) is 0.222. The lowest BCUT2D eigenvalue weighted by atomic mass is 10.1. The van der Waals surface area contributed by atoms with Crippen LogP contribution in [0.15, 0.2) is 16.6 Å². The normalized spacial score (nSPS) is 11.6. The quantitative estimate of drug-likeness (QED) is 0.706. The molecule has 0 N–H and O–H groups in total. The molecule has 0 radical (unpaired) electrons. The van der Waals surface area contributed by atoms with Crippen LogP contribution in [0.25, 0.3) is 0 Å². The Bertz CT molecular complexity index is 415. The Balaban J connectivity index is 3.45. The zero-order chi connectivity index (χ0) is 11.8. The minimum Gasteiger partial charge on any atom is -0.295 e. The number of halogens is 5. The van der Waals surface area contributed by atoms with Crippen molar-refractivity contribution in [2.75, 3.05) is 0 Å². The number of rotatable bonds is 1. The van der Waals surface area contributed by atoms with Crippen LogP contribution in [0.1, 0.15) is 22.8 Å². The van der Waals surface area contributed by atoms with Gasteiger partial charge >= 0.3 is 6.18 Å². The third kappa shape index (κ3) is 2.72. The van der Waals surface area contributed by atoms with Crippen molar-refractivity contribution in [2.24, 2.45) is 0 Å². The van der Waals surface area contributed by atoms with Crippen LogP contribution in [0.3, 0.4) is 0 Å². The second-order valence-corrected chi connectivity index (χ2v) is 4.07. The molecule has 0 spiro atoms. The Morgan fingerprint density at radius 3 is 2.33 bits per heavy atom. The van der Waals surface area contributed by atoms with E-state index >= 15 is 0 Å². The molecule has 0 amide bonds. The predicted molar refractivity (Wildman–Crippen MR) is 54.2 cm³/mol. The molecule has 0 aromatic heterocycles. The standard InChI is InChI=1S/C9H5BrClF3O/c1-4(15)5-2-6(9(12,13)14)8(10)7(11)3-5/h2-3H,1H3. The first-order valence-corrected chi connectivity index (χ1v) is 4.97. The van der Waals surface area contributed by atoms with E-state index in [1.165, 1.54) is 13.0 Å². The molecule has 0 unspecified atom stereocenters. The topological polar surface area (TPSA) is 17.1 Å². The van der Waals surface area contributed by atoms with Crippen molar-refractivity contribution in [1.82, 2.24) is 0 Å². The number of Topliss-reactive ketones (excluding diaryl/α,β-unsaturated/α-hetero) is 1. The summed E-state index contributed by atoms with van der Waals surface area (Å²) in [5.74, 6) is -0.463. The summed E-state index contributed by atoms with van der Waals surface area (Å²) in [5.41, 5.74) is -1.00. The van der Waals surface area contributed by atoms with E-state index in [-0.39, 0.29) is 15.1 Å². The summed E-state index contributed by atoms with van der Waals surface area (Å²) in [6.07, 6.45) is -4.53. The summed E-state index contributed by atoms with van der Waals surface area (Å²) in [7, 11) is 0. The first-order chi connectivity index (χ1) is 6.73. The van der Waals surface area contributed by atoms with Gasteiger partial charge in [0.25, 0.3) is 0 Å². The Morgan fingerprint density at radius 2 is 1.93 bits per heavy atom. The van der Waals surface area contributed by atoms with Crippen molar-refractivity contribution in [3.05, 3.63) is 32.8 Å². The van der Waals surface area contributed by atoms with Gasteiger partial charge in [0.05, 0.1) is 10.6 Å². The molecule has 0 heterocycles. The van der Waals surface area contributed by atoms with E-state index < -0.39 is 17.5 Å². The third-order valence-electron chi connectivity index (χ3n) is 1.74. The minimum atomic E-state index is -4.53. The fourth-order valence-electron chi connectivity index (χ4n) is 0.999. The molecule has 1 aromatic rings. The van der Waals surface area contributed by atoms with Crippen LogP contribution in [-0.2, 0) is 6.18 Å². The van der Waals surface area contributed by atoms with Crippen molar-refractivity contribution < 1.29 is 18.0 Å². The molecule has 1 aromatic carbocycles. The van der Waals surface area contributed by atoms with Gasteiger partial charge in [-0.25, -0.2) is 0 Å². The van der Waals surface area contributed by atoms with Crippen LogP contribution >= 0.6 is 27.5 Å². The molecule has 0 fully saturated rings. The van der Waals surface area contributed by atoms with Gasteiger partial charge in [-0.3, -0.25) is 4.79 Å². The van der Waals surface area contributed by atoms with Crippen molar-refractivity contribution in [3.8, 4) is 0 Å². The van der Waals surface area contributed by atoms with Gasteiger partial charge in [-0.1, -0.05) is 11.6 Å². The fourth-order valence-corrected chi connectivity index (χ4v) is 1.67. The molecule has 0 aliphatic rings. The van der Waals surface area contributed by atoms with Gasteiger partial charge in [-0.05, 0) is 35.0 Å². The van der Waals surface area contributed by atoms with Gasteiger partial charge in [0, 0.05) is 10.0 Å². The highest BCUT2D eigenvalue weighted by Crippen LogP contribution is 2.39. The summed E-state index contributed by atoms with van der Waals surface area (Å²) in [6, 6.07) is 1.97. The third-order valence-corrected chi connectivity index (χ3v) is 3.12. The summed E-state index contributed by atoms with van der Waals surface area (Å²) in [4.78, 5) is 10.9. The second-order valence-electron chi connectivity index (χ2n) is 2.87. The van der Waals surface area contributed by atoms with Crippen molar-refractivity contribution >= 4 is 33.3 Å². The molecule has 1 rings (SSSR count). The van der Waals surface area contributed by atoms with Crippen molar-refractivity contribution in [3.63, 3.8) is 0 Å². The number of carbonyl (C=O) groups is 1. The van der Waals surface area contributed by atoms with E-state index in [0.29, 0.717) is 0 Å². The van der Waals surface area contributed by atoms with E-state index in [4.69, 9.17) is 11.6 Å². The maximum atomic E-state index is 12.5. The molecule has 6 heteroatoms. The number of alkyl halides is 3. The maximum Gasteiger partial charge on any atom is 0.417 e. The Kier molecular flexibility index (Phi) is 3.45. The summed E-state index contributed by atoms with van der Waals surface area (Å²) >= 11 is 8.31. The molecule has 1 nitrogen and oxygen atoms in total. The van der Waals surface area contributed by atoms with Gasteiger partial charge in [-0.15, -0.1) is 0 Å². The molecule has 0 saturated carbocycles. The number of hydrogen-bond acceptors (Lipinski definition) is 1. The minimum absolute atomic E-state index is 0.0597. The molecule has 0 aliphatic heterocycles. The molecule has 0 saturated heterocycles. The zero-order valence-electron chi connectivity index (χ0n) is 7.45. The summed E-state index contributed by atoms with van der Waals surface area (Å²) < 4.78 is 37.2. The molecule has 0 atom stereocenters. The van der Waals surface area contributed by atoms with Crippen molar-refractivity contribution in [1.29, 1.82) is 0 Å². The molecule has 82 valence electrons. The highest BCUT2D eigenvalue weighted by atomic mass is 79.9. The van der Waals surface area contributed by atoms with Crippen LogP contribution in [0.5, 0.6) is 0 Å². The number of benzene rings is 1. The molecular formula is C9H5BrClF3O.